The zero-order valence-electron chi connectivity index (χ0n) is 17.0. The molecule has 4 aromatic rings. The van der Waals surface area contributed by atoms with Crippen LogP contribution in [0.5, 0.6) is 0 Å². The number of benzene rings is 3. The summed E-state index contributed by atoms with van der Waals surface area (Å²) in [4.78, 5) is 19.2. The van der Waals surface area contributed by atoms with Gasteiger partial charge in [-0.05, 0) is 59.5 Å². The molecular formula is C24H20Cl2N4O2. The van der Waals surface area contributed by atoms with Crippen LogP contribution < -0.4 is 11.1 Å². The molecule has 8 heteroatoms. The number of hydrogen-bond donors (Lipinski definition) is 2. The summed E-state index contributed by atoms with van der Waals surface area (Å²) >= 11 is 12.2. The van der Waals surface area contributed by atoms with Crippen molar-refractivity contribution in [1.82, 2.24) is 9.88 Å². The Kier molecular flexibility index (Phi) is 5.51. The van der Waals surface area contributed by atoms with Gasteiger partial charge in [0.1, 0.15) is 5.52 Å². The second-order valence-corrected chi connectivity index (χ2v) is 8.68. The molecule has 0 fully saturated rings. The molecule has 2 heterocycles. The number of halogens is 2. The first-order chi connectivity index (χ1) is 15.5. The zero-order valence-corrected chi connectivity index (χ0v) is 18.5. The first-order valence-electron chi connectivity index (χ1n) is 10.2. The summed E-state index contributed by atoms with van der Waals surface area (Å²) < 4.78 is 5.73. The van der Waals surface area contributed by atoms with Crippen LogP contribution in [0, 0.1) is 0 Å². The molecule has 1 aliphatic heterocycles. The Hall–Kier alpha value is -3.06. The van der Waals surface area contributed by atoms with Gasteiger partial charge in [-0.2, -0.15) is 4.98 Å². The first kappa shape index (κ1) is 20.8. The molecule has 5 rings (SSSR count). The van der Waals surface area contributed by atoms with Crippen molar-refractivity contribution in [3.63, 3.8) is 0 Å². The van der Waals surface area contributed by atoms with Gasteiger partial charge in [0.05, 0.1) is 6.04 Å². The first-order valence-corrected chi connectivity index (χ1v) is 10.9. The number of carbonyl (C=O) groups is 1. The van der Waals surface area contributed by atoms with E-state index in [0.29, 0.717) is 35.6 Å². The lowest BCUT2D eigenvalue weighted by Gasteiger charge is -2.20. The SMILES string of the molecule is N[C@H](Cc1ccc(Cl)cc1Cl)C(=O)N1Cc2ccc(Nc3nc4ccccc4o3)cc2C1. The normalized spacial score (nSPS) is 13.9. The van der Waals surface area contributed by atoms with Gasteiger partial charge < -0.3 is 20.4 Å². The molecule has 6 nitrogen and oxygen atoms in total. The topological polar surface area (TPSA) is 84.4 Å². The number of fused-ring (bicyclic) bond motifs is 2. The Balaban J connectivity index is 1.26. The number of para-hydroxylation sites is 2. The number of amides is 1. The highest BCUT2D eigenvalue weighted by Crippen LogP contribution is 2.29. The fourth-order valence-corrected chi connectivity index (χ4v) is 4.41. The summed E-state index contributed by atoms with van der Waals surface area (Å²) in [6, 6.07) is 18.5. The van der Waals surface area contributed by atoms with Gasteiger partial charge in [-0.25, -0.2) is 0 Å². The fraction of sp³-hybridized carbons (Fsp3) is 0.167. The van der Waals surface area contributed by atoms with Gasteiger partial charge in [-0.1, -0.05) is 47.5 Å². The number of oxazole rings is 1. The smallest absolute Gasteiger partial charge is 0.300 e. The van der Waals surface area contributed by atoms with Crippen LogP contribution in [-0.4, -0.2) is 21.8 Å². The summed E-state index contributed by atoms with van der Waals surface area (Å²) in [5, 5.41) is 4.27. The molecule has 1 aliphatic rings. The van der Waals surface area contributed by atoms with Crippen LogP contribution in [0.1, 0.15) is 16.7 Å². The quantitative estimate of drug-likeness (QED) is 0.417. The van der Waals surface area contributed by atoms with E-state index >= 15 is 0 Å². The minimum absolute atomic E-state index is 0.110. The number of nitrogens with zero attached hydrogens (tertiary/aromatic N) is 2. The van der Waals surface area contributed by atoms with Crippen molar-refractivity contribution < 1.29 is 9.21 Å². The molecule has 32 heavy (non-hydrogen) atoms. The number of carbonyl (C=O) groups excluding carboxylic acids is 1. The second kappa shape index (κ2) is 8.47. The van der Waals surface area contributed by atoms with Crippen LogP contribution in [0.15, 0.2) is 65.1 Å². The summed E-state index contributed by atoms with van der Waals surface area (Å²) in [5.41, 5.74) is 11.6. The van der Waals surface area contributed by atoms with Crippen LogP contribution in [0.4, 0.5) is 11.7 Å². The van der Waals surface area contributed by atoms with Gasteiger partial charge in [-0.15, -0.1) is 0 Å². The van der Waals surface area contributed by atoms with Gasteiger partial charge in [0.25, 0.3) is 6.01 Å². The highest BCUT2D eigenvalue weighted by atomic mass is 35.5. The van der Waals surface area contributed by atoms with Gasteiger partial charge in [0.15, 0.2) is 5.58 Å². The molecule has 1 atom stereocenters. The van der Waals surface area contributed by atoms with Gasteiger partial charge in [0, 0.05) is 28.8 Å². The van der Waals surface area contributed by atoms with E-state index < -0.39 is 6.04 Å². The molecule has 0 bridgehead atoms. The molecule has 0 aliphatic carbocycles. The highest BCUT2D eigenvalue weighted by molar-refractivity contribution is 6.35. The molecule has 0 radical (unpaired) electrons. The number of nitrogens with one attached hydrogen (secondary N) is 1. The van der Waals surface area contributed by atoms with E-state index in [4.69, 9.17) is 33.4 Å². The van der Waals surface area contributed by atoms with Crippen LogP contribution >= 0.6 is 23.2 Å². The Morgan fingerprint density at radius 3 is 2.72 bits per heavy atom. The third-order valence-corrected chi connectivity index (χ3v) is 6.14. The predicted molar refractivity (Wildman–Crippen MR) is 126 cm³/mol. The van der Waals surface area contributed by atoms with Crippen LogP contribution in [0.25, 0.3) is 11.1 Å². The van der Waals surface area contributed by atoms with Crippen molar-refractivity contribution in [1.29, 1.82) is 0 Å². The van der Waals surface area contributed by atoms with E-state index in [0.717, 1.165) is 33.5 Å². The maximum Gasteiger partial charge on any atom is 0.300 e. The molecule has 1 aromatic heterocycles. The van der Waals surface area contributed by atoms with Gasteiger partial charge in [-0.3, -0.25) is 4.79 Å². The Morgan fingerprint density at radius 2 is 1.91 bits per heavy atom. The van der Waals surface area contributed by atoms with Crippen molar-refractivity contribution in [2.24, 2.45) is 5.73 Å². The molecular weight excluding hydrogens is 447 g/mol. The summed E-state index contributed by atoms with van der Waals surface area (Å²) in [6.45, 7) is 1.03. The Morgan fingerprint density at radius 1 is 1.09 bits per heavy atom. The number of aromatic nitrogens is 1. The van der Waals surface area contributed by atoms with Crippen molar-refractivity contribution in [2.75, 3.05) is 5.32 Å². The Bertz CT molecular complexity index is 1290. The lowest BCUT2D eigenvalue weighted by atomic mass is 10.1. The van der Waals surface area contributed by atoms with Crippen molar-refractivity contribution in [3.05, 3.63) is 87.4 Å². The third kappa shape index (κ3) is 4.17. The average molecular weight is 467 g/mol. The average Bonchev–Trinajstić information content (AvgIpc) is 3.38. The van der Waals surface area contributed by atoms with Crippen molar-refractivity contribution in [3.8, 4) is 0 Å². The van der Waals surface area contributed by atoms with E-state index in [1.807, 2.05) is 42.5 Å². The fourth-order valence-electron chi connectivity index (χ4n) is 3.92. The molecule has 0 unspecified atom stereocenters. The lowest BCUT2D eigenvalue weighted by Crippen LogP contribution is -2.42. The largest absolute Gasteiger partial charge is 0.423 e. The molecule has 3 N–H and O–H groups in total. The molecule has 1 amide bonds. The molecule has 0 spiro atoms. The van der Waals surface area contributed by atoms with E-state index in [9.17, 15) is 4.79 Å². The van der Waals surface area contributed by atoms with E-state index in [1.54, 1.807) is 23.1 Å². The van der Waals surface area contributed by atoms with Crippen LogP contribution in [-0.2, 0) is 24.3 Å². The molecule has 162 valence electrons. The minimum Gasteiger partial charge on any atom is -0.423 e. The molecule has 0 saturated heterocycles. The number of hydrogen-bond acceptors (Lipinski definition) is 5. The summed E-state index contributed by atoms with van der Waals surface area (Å²) in [6.07, 6.45) is 0.353. The van der Waals surface area contributed by atoms with Crippen molar-refractivity contribution in [2.45, 2.75) is 25.6 Å². The van der Waals surface area contributed by atoms with Gasteiger partial charge in [0.2, 0.25) is 5.91 Å². The van der Waals surface area contributed by atoms with E-state index in [2.05, 4.69) is 10.3 Å². The van der Waals surface area contributed by atoms with Crippen molar-refractivity contribution >= 4 is 51.9 Å². The number of anilines is 2. The third-order valence-electron chi connectivity index (χ3n) is 5.56. The zero-order chi connectivity index (χ0) is 22.2. The lowest BCUT2D eigenvalue weighted by molar-refractivity contribution is -0.133. The van der Waals surface area contributed by atoms with E-state index in [-0.39, 0.29) is 5.91 Å². The second-order valence-electron chi connectivity index (χ2n) is 7.84. The summed E-state index contributed by atoms with van der Waals surface area (Å²) in [5.74, 6) is -0.110. The minimum atomic E-state index is -0.680. The monoisotopic (exact) mass is 466 g/mol. The molecule has 3 aromatic carbocycles. The number of nitrogens with two attached hydrogens (primary N) is 1. The number of rotatable bonds is 5. The van der Waals surface area contributed by atoms with Gasteiger partial charge >= 0.3 is 0 Å². The maximum atomic E-state index is 13.0. The molecule has 0 saturated carbocycles. The maximum absolute atomic E-state index is 13.0. The van der Waals surface area contributed by atoms with Crippen LogP contribution in [0.2, 0.25) is 10.0 Å². The Labute approximate surface area is 194 Å². The predicted octanol–water partition coefficient (Wildman–Crippen LogP) is 5.29. The van der Waals surface area contributed by atoms with Crippen LogP contribution in [0.3, 0.4) is 0 Å². The standard InChI is InChI=1S/C24H20Cl2N4O2/c25-17-7-5-14(19(26)11-17)10-20(27)23(31)30-12-15-6-8-18(9-16(15)13-30)28-24-29-21-3-1-2-4-22(21)32-24/h1-9,11,20H,10,12-13,27H2,(H,28,29)/t20-/m1/s1. The van der Waals surface area contributed by atoms with E-state index in [1.165, 1.54) is 0 Å². The highest BCUT2D eigenvalue weighted by Gasteiger charge is 2.28. The summed E-state index contributed by atoms with van der Waals surface area (Å²) in [7, 11) is 0.